The molecule has 0 saturated carbocycles. The van der Waals surface area contributed by atoms with Gasteiger partial charge in [0.1, 0.15) is 0 Å². The van der Waals surface area contributed by atoms with E-state index >= 15 is 0 Å². The minimum Gasteiger partial charge on any atom is -0.311 e. The van der Waals surface area contributed by atoms with Crippen LogP contribution < -0.4 is 5.32 Å². The second kappa shape index (κ2) is 9.60. The smallest absolute Gasteiger partial charge is 0.0727 e. The molecule has 1 N–H and O–H groups in total. The number of allylic oxidation sites excluding steroid dienone is 1. The molecule has 6 heteroatoms. The lowest BCUT2D eigenvalue weighted by atomic mass is 10.5. The van der Waals surface area contributed by atoms with E-state index in [4.69, 9.17) is 0 Å². The van der Waals surface area contributed by atoms with Crippen LogP contribution in [0.3, 0.4) is 0 Å². The number of nitrogens with one attached hydrogen (secondary N) is 1. The number of nitrogens with zero attached hydrogens (tertiary/aromatic N) is 5. The summed E-state index contributed by atoms with van der Waals surface area (Å²) in [4.78, 5) is 3.96. The normalized spacial score (nSPS) is 28.0. The maximum Gasteiger partial charge on any atom is 0.0727 e. The molecule has 84 valence electrons. The summed E-state index contributed by atoms with van der Waals surface area (Å²) in [6.07, 6.45) is 11.5. The first-order valence-corrected chi connectivity index (χ1v) is 4.96. The van der Waals surface area contributed by atoms with Crippen molar-refractivity contribution in [1.29, 1.82) is 0 Å². The Morgan fingerprint density at radius 2 is 1.75 bits per heavy atom. The third-order valence-corrected chi connectivity index (χ3v) is 1.53. The third kappa shape index (κ3) is 7.45. The van der Waals surface area contributed by atoms with Crippen LogP contribution >= 0.6 is 0 Å². The van der Waals surface area contributed by atoms with E-state index < -0.39 is 0 Å². The van der Waals surface area contributed by atoms with Crippen molar-refractivity contribution in [1.82, 2.24) is 5.32 Å². The second-order valence-corrected chi connectivity index (χ2v) is 2.74. The van der Waals surface area contributed by atoms with E-state index in [1.807, 2.05) is 12.2 Å². The first-order valence-electron chi connectivity index (χ1n) is 4.96. The predicted octanol–water partition coefficient (Wildman–Crippen LogP) is 2.06. The van der Waals surface area contributed by atoms with Crippen LogP contribution in [0.15, 0.2) is 62.4 Å². The first kappa shape index (κ1) is 12.1. The van der Waals surface area contributed by atoms with Crippen molar-refractivity contribution in [2.45, 2.75) is 0 Å². The lowest BCUT2D eigenvalue weighted by molar-refractivity contribution is 0.738. The van der Waals surface area contributed by atoms with Gasteiger partial charge in [-0.05, 0) is 6.08 Å². The van der Waals surface area contributed by atoms with Gasteiger partial charge in [0.05, 0.1) is 25.1 Å². The van der Waals surface area contributed by atoms with Crippen LogP contribution in [0.25, 0.3) is 0 Å². The van der Waals surface area contributed by atoms with Gasteiger partial charge in [0.25, 0.3) is 0 Å². The summed E-state index contributed by atoms with van der Waals surface area (Å²) in [5.74, 6) is 0. The fourth-order valence-corrected chi connectivity index (χ4v) is 0.853. The van der Waals surface area contributed by atoms with Crippen molar-refractivity contribution in [2.75, 3.05) is 19.6 Å². The molecular weight excluding hydrogens is 204 g/mol. The minimum atomic E-state index is 0.642. The monoisotopic (exact) mass is 218 g/mol. The topological polar surface area (TPSA) is 73.8 Å². The molecule has 1 rings (SSSR count). The molecule has 6 nitrogen and oxygen atoms in total. The fourth-order valence-electron chi connectivity index (χ4n) is 0.853. The maximum absolute atomic E-state index is 3.96. The van der Waals surface area contributed by atoms with Crippen LogP contribution in [0.5, 0.6) is 0 Å². The van der Waals surface area contributed by atoms with E-state index in [-0.39, 0.29) is 0 Å². The molecule has 0 fully saturated rings. The number of rotatable bonds is 0. The van der Waals surface area contributed by atoms with Gasteiger partial charge in [0, 0.05) is 25.5 Å². The molecule has 0 radical (unpaired) electrons. The largest absolute Gasteiger partial charge is 0.311 e. The number of hydrogen-bond acceptors (Lipinski definition) is 6. The molecule has 1 heterocycles. The molecule has 0 aliphatic carbocycles. The van der Waals surface area contributed by atoms with Crippen molar-refractivity contribution in [3.05, 3.63) is 37.0 Å². The molecule has 1 aliphatic heterocycles. The van der Waals surface area contributed by atoms with Gasteiger partial charge in [-0.25, -0.2) is 0 Å². The van der Waals surface area contributed by atoms with Gasteiger partial charge >= 0.3 is 0 Å². The van der Waals surface area contributed by atoms with Crippen molar-refractivity contribution in [2.24, 2.45) is 25.4 Å². The van der Waals surface area contributed by atoms with Gasteiger partial charge in [-0.2, -0.15) is 20.5 Å². The highest BCUT2D eigenvalue weighted by Gasteiger charge is 1.80. The summed E-state index contributed by atoms with van der Waals surface area (Å²) >= 11 is 0. The van der Waals surface area contributed by atoms with Gasteiger partial charge in [0.15, 0.2) is 0 Å². The lowest BCUT2D eigenvalue weighted by Gasteiger charge is -1.95. The van der Waals surface area contributed by atoms with Crippen LogP contribution in [0.2, 0.25) is 0 Å². The second-order valence-electron chi connectivity index (χ2n) is 2.74. The van der Waals surface area contributed by atoms with E-state index in [0.717, 1.165) is 13.1 Å². The van der Waals surface area contributed by atoms with Crippen molar-refractivity contribution < 1.29 is 0 Å². The highest BCUT2D eigenvalue weighted by molar-refractivity contribution is 5.71. The van der Waals surface area contributed by atoms with Crippen LogP contribution in [-0.4, -0.2) is 25.8 Å². The van der Waals surface area contributed by atoms with Gasteiger partial charge < -0.3 is 5.32 Å². The molecular formula is C10H14N6. The van der Waals surface area contributed by atoms with E-state index in [1.165, 1.54) is 18.6 Å². The zero-order chi connectivity index (χ0) is 11.3. The molecule has 0 aromatic rings. The molecule has 0 unspecified atom stereocenters. The zero-order valence-electron chi connectivity index (χ0n) is 8.90. The van der Waals surface area contributed by atoms with Gasteiger partial charge in [-0.1, -0.05) is 6.08 Å². The summed E-state index contributed by atoms with van der Waals surface area (Å²) in [5.41, 5.74) is 0. The van der Waals surface area contributed by atoms with Crippen molar-refractivity contribution in [3.8, 4) is 0 Å². The Balaban J connectivity index is 2.48. The van der Waals surface area contributed by atoms with Gasteiger partial charge in [-0.3, -0.25) is 4.99 Å². The fraction of sp³-hybridized carbons (Fsp3) is 0.300. The van der Waals surface area contributed by atoms with Gasteiger partial charge in [0.2, 0.25) is 0 Å². The number of hydrogen-bond donors (Lipinski definition) is 1. The average molecular weight is 218 g/mol. The molecule has 1 aliphatic rings. The Hall–Kier alpha value is -1.95. The first-order chi connectivity index (χ1) is 8.00. The summed E-state index contributed by atoms with van der Waals surface area (Å²) < 4.78 is 0. The number of azo groups is 2. The van der Waals surface area contributed by atoms with Crippen LogP contribution in [-0.2, 0) is 0 Å². The highest BCUT2D eigenvalue weighted by atomic mass is 15.1. The Morgan fingerprint density at radius 1 is 0.938 bits per heavy atom. The van der Waals surface area contributed by atoms with E-state index in [2.05, 4.69) is 30.8 Å². The summed E-state index contributed by atoms with van der Waals surface area (Å²) in [6, 6.07) is 0. The standard InChI is InChI=1S/C10H14N6/c1-2-4-12-6-8-14-16-10-9-15-13-7-5-11-3-1/h1-3,5,7,9-10,12H,4,6,8H2/b2-1-,7-5-,10-9-,11-3-,15-13-,16-14?. The third-order valence-electron chi connectivity index (χ3n) is 1.53. The molecule has 0 spiro atoms. The van der Waals surface area contributed by atoms with E-state index in [9.17, 15) is 0 Å². The summed E-state index contributed by atoms with van der Waals surface area (Å²) in [6.45, 7) is 2.23. The van der Waals surface area contributed by atoms with Crippen LogP contribution in [0.4, 0.5) is 0 Å². The molecule has 0 atom stereocenters. The predicted molar refractivity (Wildman–Crippen MR) is 63.4 cm³/mol. The SMILES string of the molecule is C1=C/CNCCN=N\C=C/N=N\C=C/N=C\1. The molecule has 0 amide bonds. The summed E-state index contributed by atoms with van der Waals surface area (Å²) in [7, 11) is 0. The van der Waals surface area contributed by atoms with Crippen molar-refractivity contribution >= 4 is 6.21 Å². The molecule has 0 aromatic carbocycles. The Labute approximate surface area is 94.3 Å². The van der Waals surface area contributed by atoms with Crippen LogP contribution in [0, 0.1) is 0 Å². The Bertz CT molecular complexity index is 303. The van der Waals surface area contributed by atoms with E-state index in [0.29, 0.717) is 6.54 Å². The summed E-state index contributed by atoms with van der Waals surface area (Å²) in [5, 5.41) is 18.3. The quantitative estimate of drug-likeness (QED) is 0.664. The van der Waals surface area contributed by atoms with Crippen molar-refractivity contribution in [3.63, 3.8) is 0 Å². The van der Waals surface area contributed by atoms with Gasteiger partial charge in [-0.15, -0.1) is 0 Å². The Kier molecular flexibility index (Phi) is 7.27. The van der Waals surface area contributed by atoms with E-state index in [1.54, 1.807) is 12.4 Å². The van der Waals surface area contributed by atoms with Crippen LogP contribution in [0.1, 0.15) is 0 Å². The number of aliphatic imine (C=N–C) groups is 1. The molecule has 0 aromatic heterocycles. The molecule has 16 heavy (non-hydrogen) atoms. The Morgan fingerprint density at radius 3 is 2.69 bits per heavy atom. The average Bonchev–Trinajstić information content (AvgIpc) is 2.29. The maximum atomic E-state index is 3.96. The molecule has 0 saturated heterocycles. The molecule has 0 bridgehead atoms. The zero-order valence-corrected chi connectivity index (χ0v) is 8.90. The highest BCUT2D eigenvalue weighted by Crippen LogP contribution is 1.85. The lowest BCUT2D eigenvalue weighted by Crippen LogP contribution is -2.17. The minimum absolute atomic E-state index is 0.642.